The summed E-state index contributed by atoms with van der Waals surface area (Å²) in [6.07, 6.45) is -1.01. The summed E-state index contributed by atoms with van der Waals surface area (Å²) in [6.45, 7) is 0.156. The molecule has 6 nitrogen and oxygen atoms in total. The Hall–Kier alpha value is -2.21. The molecule has 0 aromatic heterocycles. The number of ether oxygens (including phenoxy) is 2. The zero-order chi connectivity index (χ0) is 13.7. The van der Waals surface area contributed by atoms with Crippen molar-refractivity contribution >= 4 is 17.9 Å². The van der Waals surface area contributed by atoms with E-state index in [0.717, 1.165) is 5.56 Å². The third-order valence-electron chi connectivity index (χ3n) is 2.65. The van der Waals surface area contributed by atoms with Crippen molar-refractivity contribution in [1.29, 1.82) is 0 Å². The molecular weight excluding hydrogens is 250 g/mol. The van der Waals surface area contributed by atoms with Gasteiger partial charge in [-0.2, -0.15) is 0 Å². The van der Waals surface area contributed by atoms with Gasteiger partial charge in [-0.1, -0.05) is 30.3 Å². The Labute approximate surface area is 109 Å². The average Bonchev–Trinajstić information content (AvgIpc) is 2.84. The predicted molar refractivity (Wildman–Crippen MR) is 64.1 cm³/mol. The second-order valence-corrected chi connectivity index (χ2v) is 4.12. The second kappa shape index (κ2) is 6.10. The molecule has 1 aliphatic heterocycles. The van der Waals surface area contributed by atoms with Crippen LogP contribution in [0.3, 0.4) is 0 Å². The maximum absolute atomic E-state index is 11.5. The minimum atomic E-state index is -1.06. The molecule has 2 rings (SSSR count). The SMILES string of the molecule is O=C1CN[C@H](C(=O)OC(=O)OCc2ccccc2)C1. The van der Waals surface area contributed by atoms with Crippen molar-refractivity contribution in [3.63, 3.8) is 0 Å². The minimum absolute atomic E-state index is 0.0317. The molecule has 0 aliphatic carbocycles. The molecule has 100 valence electrons. The van der Waals surface area contributed by atoms with E-state index < -0.39 is 18.2 Å². The van der Waals surface area contributed by atoms with Gasteiger partial charge in [0, 0.05) is 6.42 Å². The quantitative estimate of drug-likeness (QED) is 0.641. The molecule has 0 amide bonds. The van der Waals surface area contributed by atoms with E-state index in [1.54, 1.807) is 12.1 Å². The molecule has 1 aromatic carbocycles. The molecule has 0 bridgehead atoms. The molecule has 0 radical (unpaired) electrons. The van der Waals surface area contributed by atoms with E-state index in [9.17, 15) is 14.4 Å². The molecule has 1 atom stereocenters. The fourth-order valence-electron chi connectivity index (χ4n) is 1.67. The van der Waals surface area contributed by atoms with Gasteiger partial charge < -0.3 is 9.47 Å². The summed E-state index contributed by atoms with van der Waals surface area (Å²) < 4.78 is 9.28. The summed E-state index contributed by atoms with van der Waals surface area (Å²) in [5, 5.41) is 2.65. The van der Waals surface area contributed by atoms with Crippen LogP contribution in [0.2, 0.25) is 0 Å². The number of Topliss-reactive ketones (excluding diaryl/α,β-unsaturated/α-hetero) is 1. The summed E-state index contributed by atoms with van der Waals surface area (Å²) >= 11 is 0. The summed E-state index contributed by atoms with van der Waals surface area (Å²) in [5.74, 6) is -0.872. The summed E-state index contributed by atoms with van der Waals surface area (Å²) in [7, 11) is 0. The van der Waals surface area contributed by atoms with Gasteiger partial charge in [0.05, 0.1) is 6.54 Å². The first-order valence-corrected chi connectivity index (χ1v) is 5.82. The smallest absolute Gasteiger partial charge is 0.429 e. The minimum Gasteiger partial charge on any atom is -0.429 e. The average molecular weight is 263 g/mol. The van der Waals surface area contributed by atoms with Crippen LogP contribution in [0, 0.1) is 0 Å². The number of rotatable bonds is 3. The summed E-state index contributed by atoms with van der Waals surface area (Å²) in [5.41, 5.74) is 0.793. The molecule has 1 fully saturated rings. The number of nitrogens with one attached hydrogen (secondary N) is 1. The lowest BCUT2D eigenvalue weighted by atomic mass is 10.2. The van der Waals surface area contributed by atoms with Crippen LogP contribution in [0.4, 0.5) is 4.79 Å². The lowest BCUT2D eigenvalue weighted by Gasteiger charge is -2.08. The van der Waals surface area contributed by atoms with E-state index in [-0.39, 0.29) is 25.4 Å². The van der Waals surface area contributed by atoms with Gasteiger partial charge in [0.25, 0.3) is 0 Å². The van der Waals surface area contributed by atoms with E-state index in [1.807, 2.05) is 18.2 Å². The highest BCUT2D eigenvalue weighted by molar-refractivity contribution is 5.94. The largest absolute Gasteiger partial charge is 0.516 e. The highest BCUT2D eigenvalue weighted by atomic mass is 16.7. The van der Waals surface area contributed by atoms with Crippen LogP contribution in [0.5, 0.6) is 0 Å². The van der Waals surface area contributed by atoms with Gasteiger partial charge in [0.1, 0.15) is 18.4 Å². The van der Waals surface area contributed by atoms with Crippen LogP contribution in [0.15, 0.2) is 30.3 Å². The van der Waals surface area contributed by atoms with Crippen molar-refractivity contribution in [2.24, 2.45) is 0 Å². The highest BCUT2D eigenvalue weighted by Crippen LogP contribution is 2.06. The van der Waals surface area contributed by atoms with E-state index in [1.165, 1.54) is 0 Å². The van der Waals surface area contributed by atoms with Crippen LogP contribution in [0.25, 0.3) is 0 Å². The monoisotopic (exact) mass is 263 g/mol. The Balaban J connectivity index is 1.75. The summed E-state index contributed by atoms with van der Waals surface area (Å²) in [6, 6.07) is 8.27. The van der Waals surface area contributed by atoms with Crippen molar-refractivity contribution in [1.82, 2.24) is 5.32 Å². The molecule has 1 heterocycles. The fraction of sp³-hybridized carbons (Fsp3) is 0.308. The van der Waals surface area contributed by atoms with Crippen molar-refractivity contribution in [2.75, 3.05) is 6.54 Å². The number of hydrogen-bond acceptors (Lipinski definition) is 6. The number of benzene rings is 1. The Morgan fingerprint density at radius 1 is 1.26 bits per heavy atom. The third kappa shape index (κ3) is 3.89. The lowest BCUT2D eigenvalue weighted by molar-refractivity contribution is -0.142. The Kier molecular flexibility index (Phi) is 4.25. The highest BCUT2D eigenvalue weighted by Gasteiger charge is 2.30. The van der Waals surface area contributed by atoms with Gasteiger partial charge in [0.15, 0.2) is 0 Å². The first-order valence-electron chi connectivity index (χ1n) is 5.82. The lowest BCUT2D eigenvalue weighted by Crippen LogP contribution is -2.33. The van der Waals surface area contributed by atoms with E-state index in [2.05, 4.69) is 10.1 Å². The van der Waals surface area contributed by atoms with E-state index in [0.29, 0.717) is 0 Å². The molecular formula is C13H13NO5. The van der Waals surface area contributed by atoms with Gasteiger partial charge in [0.2, 0.25) is 0 Å². The summed E-state index contributed by atoms with van der Waals surface area (Å²) in [4.78, 5) is 33.7. The number of hydrogen-bond donors (Lipinski definition) is 1. The maximum atomic E-state index is 11.5. The molecule has 0 saturated carbocycles. The van der Waals surface area contributed by atoms with Crippen molar-refractivity contribution < 1.29 is 23.9 Å². The number of ketones is 1. The standard InChI is InChI=1S/C13H13NO5/c15-10-6-11(14-7-10)12(16)19-13(17)18-8-9-4-2-1-3-5-9/h1-5,11,14H,6-8H2/t11-/m0/s1. The van der Waals surface area contributed by atoms with Crippen LogP contribution in [-0.2, 0) is 25.7 Å². The number of esters is 1. The molecule has 1 aromatic rings. The Morgan fingerprint density at radius 2 is 2.00 bits per heavy atom. The van der Waals surface area contributed by atoms with Crippen LogP contribution < -0.4 is 5.32 Å². The van der Waals surface area contributed by atoms with Crippen LogP contribution in [0.1, 0.15) is 12.0 Å². The molecule has 6 heteroatoms. The molecule has 1 N–H and O–H groups in total. The van der Waals surface area contributed by atoms with Crippen LogP contribution in [-0.4, -0.2) is 30.5 Å². The molecule has 0 unspecified atom stereocenters. The second-order valence-electron chi connectivity index (χ2n) is 4.12. The normalized spacial score (nSPS) is 18.1. The van der Waals surface area contributed by atoms with Gasteiger partial charge in [-0.25, -0.2) is 9.59 Å². The molecule has 1 saturated heterocycles. The van der Waals surface area contributed by atoms with Crippen molar-refractivity contribution in [3.8, 4) is 0 Å². The Bertz CT molecular complexity index is 485. The molecule has 1 aliphatic rings. The molecule has 0 spiro atoms. The first-order chi connectivity index (χ1) is 9.15. The zero-order valence-corrected chi connectivity index (χ0v) is 10.1. The topological polar surface area (TPSA) is 81.7 Å². The van der Waals surface area contributed by atoms with Crippen molar-refractivity contribution in [3.05, 3.63) is 35.9 Å². The Morgan fingerprint density at radius 3 is 2.63 bits per heavy atom. The van der Waals surface area contributed by atoms with E-state index in [4.69, 9.17) is 4.74 Å². The zero-order valence-electron chi connectivity index (χ0n) is 10.1. The van der Waals surface area contributed by atoms with Crippen LogP contribution >= 0.6 is 0 Å². The van der Waals surface area contributed by atoms with Gasteiger partial charge in [-0.15, -0.1) is 0 Å². The number of carbonyl (C=O) groups is 3. The van der Waals surface area contributed by atoms with Gasteiger partial charge in [-0.05, 0) is 5.56 Å². The molecule has 19 heavy (non-hydrogen) atoms. The third-order valence-corrected chi connectivity index (χ3v) is 2.65. The van der Waals surface area contributed by atoms with Gasteiger partial charge >= 0.3 is 12.1 Å². The van der Waals surface area contributed by atoms with E-state index >= 15 is 0 Å². The number of carbonyl (C=O) groups excluding carboxylic acids is 3. The maximum Gasteiger partial charge on any atom is 0.516 e. The fourth-order valence-corrected chi connectivity index (χ4v) is 1.67. The van der Waals surface area contributed by atoms with Crippen molar-refractivity contribution in [2.45, 2.75) is 19.1 Å². The predicted octanol–water partition coefficient (Wildman–Crippen LogP) is 0.797. The first kappa shape index (κ1) is 13.2. The van der Waals surface area contributed by atoms with Gasteiger partial charge in [-0.3, -0.25) is 10.1 Å².